The molecule has 0 spiro atoms. The summed E-state index contributed by atoms with van der Waals surface area (Å²) in [6, 6.07) is 7.89. The lowest BCUT2D eigenvalue weighted by Crippen LogP contribution is -2.59. The first-order chi connectivity index (χ1) is 18.3. The lowest BCUT2D eigenvalue weighted by atomic mass is 9.96. The van der Waals surface area contributed by atoms with Crippen molar-refractivity contribution in [1.82, 2.24) is 19.7 Å². The van der Waals surface area contributed by atoms with Gasteiger partial charge in [0.1, 0.15) is 12.0 Å². The Balaban J connectivity index is 1.16. The first kappa shape index (κ1) is 25.5. The molecule has 4 heterocycles. The second-order valence-corrected chi connectivity index (χ2v) is 11.5. The van der Waals surface area contributed by atoms with Gasteiger partial charge in [-0.3, -0.25) is 14.4 Å². The van der Waals surface area contributed by atoms with Gasteiger partial charge in [-0.1, -0.05) is 24.9 Å². The number of nitrogens with one attached hydrogen (secondary N) is 1. The zero-order valence-electron chi connectivity index (χ0n) is 22.0. The third-order valence-corrected chi connectivity index (χ3v) is 9.04. The zero-order valence-corrected chi connectivity index (χ0v) is 22.8. The first-order valence-corrected chi connectivity index (χ1v) is 13.8. The van der Waals surface area contributed by atoms with Crippen LogP contribution >= 0.6 is 11.6 Å². The van der Waals surface area contributed by atoms with E-state index in [2.05, 4.69) is 38.2 Å². The molecule has 2 aliphatic heterocycles. The summed E-state index contributed by atoms with van der Waals surface area (Å²) < 4.78 is 21.7. The van der Waals surface area contributed by atoms with E-state index < -0.39 is 11.7 Å². The summed E-state index contributed by atoms with van der Waals surface area (Å²) >= 11 is 6.69. The van der Waals surface area contributed by atoms with E-state index in [1.807, 2.05) is 38.4 Å². The van der Waals surface area contributed by atoms with E-state index in [9.17, 15) is 9.18 Å². The summed E-state index contributed by atoms with van der Waals surface area (Å²) in [6.45, 7) is 7.64. The van der Waals surface area contributed by atoms with Crippen molar-refractivity contribution in [1.29, 1.82) is 0 Å². The number of anilines is 2. The maximum atomic E-state index is 14.5. The second kappa shape index (κ2) is 9.77. The van der Waals surface area contributed by atoms with Crippen molar-refractivity contribution < 1.29 is 13.9 Å². The van der Waals surface area contributed by atoms with Crippen LogP contribution in [0, 0.1) is 11.8 Å². The summed E-state index contributed by atoms with van der Waals surface area (Å²) in [7, 11) is 1.89. The van der Waals surface area contributed by atoms with Gasteiger partial charge < -0.3 is 15.0 Å². The number of carbonyl (C=O) groups excluding carboxylic acids is 1. The van der Waals surface area contributed by atoms with Crippen LogP contribution < -0.4 is 10.2 Å². The molecule has 1 saturated carbocycles. The Morgan fingerprint density at radius 2 is 2.03 bits per heavy atom. The summed E-state index contributed by atoms with van der Waals surface area (Å²) in [5, 5.41) is 10.1. The molecular formula is C28H34ClFN6O2. The van der Waals surface area contributed by atoms with Gasteiger partial charge >= 0.3 is 0 Å². The minimum atomic E-state index is -0.970. The van der Waals surface area contributed by atoms with Crippen LogP contribution in [-0.2, 0) is 16.6 Å². The molecule has 0 unspecified atom stereocenters. The number of nitrogens with zero attached hydrogens (tertiary/aromatic N) is 5. The fourth-order valence-electron chi connectivity index (χ4n) is 6.31. The smallest absolute Gasteiger partial charge is 0.229 e. The van der Waals surface area contributed by atoms with Crippen LogP contribution in [0.3, 0.4) is 0 Å². The number of aryl methyl sites for hydroxylation is 1. The maximum Gasteiger partial charge on any atom is 0.229 e. The van der Waals surface area contributed by atoms with Gasteiger partial charge in [-0.15, -0.1) is 0 Å². The summed E-state index contributed by atoms with van der Waals surface area (Å²) in [5.41, 5.74) is 1.35. The topological polar surface area (TPSA) is 75.5 Å². The van der Waals surface area contributed by atoms with Crippen molar-refractivity contribution in [3.8, 4) is 0 Å². The molecule has 1 aromatic carbocycles. The highest BCUT2D eigenvalue weighted by Crippen LogP contribution is 2.55. The van der Waals surface area contributed by atoms with Crippen molar-refractivity contribution in [2.45, 2.75) is 37.9 Å². The number of pyridine rings is 1. The Kier molecular flexibility index (Phi) is 6.56. The van der Waals surface area contributed by atoms with Gasteiger partial charge in [-0.25, -0.2) is 9.37 Å². The number of rotatable bonds is 6. The molecular weight excluding hydrogens is 507 g/mol. The van der Waals surface area contributed by atoms with Gasteiger partial charge in [0, 0.05) is 56.9 Å². The van der Waals surface area contributed by atoms with Gasteiger partial charge in [0.05, 0.1) is 41.1 Å². The molecule has 2 saturated heterocycles. The van der Waals surface area contributed by atoms with Gasteiger partial charge in [0.2, 0.25) is 5.91 Å². The predicted molar refractivity (Wildman–Crippen MR) is 147 cm³/mol. The Morgan fingerprint density at radius 1 is 1.24 bits per heavy atom. The maximum absolute atomic E-state index is 14.5. The van der Waals surface area contributed by atoms with Crippen molar-refractivity contribution >= 4 is 39.8 Å². The largest absolute Gasteiger partial charge is 0.376 e. The van der Waals surface area contributed by atoms with E-state index in [1.165, 1.54) is 0 Å². The summed E-state index contributed by atoms with van der Waals surface area (Å²) in [6.07, 6.45) is 3.63. The van der Waals surface area contributed by atoms with E-state index in [0.717, 1.165) is 54.8 Å². The number of ether oxygens (including phenoxy) is 1. The number of fused-ring (bicyclic) bond motifs is 1. The van der Waals surface area contributed by atoms with E-state index in [1.54, 1.807) is 10.9 Å². The molecule has 0 radical (unpaired) electrons. The number of hydrogen-bond donors (Lipinski definition) is 1. The Labute approximate surface area is 227 Å². The van der Waals surface area contributed by atoms with E-state index in [0.29, 0.717) is 23.4 Å². The average Bonchev–Trinajstić information content (AvgIpc) is 3.33. The summed E-state index contributed by atoms with van der Waals surface area (Å²) in [4.78, 5) is 22.1. The van der Waals surface area contributed by atoms with Crippen molar-refractivity contribution in [3.05, 3.63) is 47.4 Å². The molecule has 2 aromatic heterocycles. The number of carbonyl (C=O) groups is 1. The van der Waals surface area contributed by atoms with Crippen LogP contribution in [0.1, 0.15) is 31.9 Å². The van der Waals surface area contributed by atoms with Crippen LogP contribution in [0.4, 0.5) is 15.9 Å². The van der Waals surface area contributed by atoms with E-state index >= 15 is 0 Å². The average molecular weight is 541 g/mol. The number of hydrogen-bond acceptors (Lipinski definition) is 6. The Hall–Kier alpha value is -2.75. The highest BCUT2D eigenvalue weighted by molar-refractivity contribution is 6.34. The monoisotopic (exact) mass is 540 g/mol. The fourth-order valence-corrected chi connectivity index (χ4v) is 6.61. The lowest BCUT2D eigenvalue weighted by molar-refractivity contribution is -0.117. The fraction of sp³-hybridized carbons (Fsp3) is 0.536. The molecule has 1 amide bonds. The molecule has 38 heavy (non-hydrogen) atoms. The van der Waals surface area contributed by atoms with Crippen molar-refractivity contribution in [3.63, 3.8) is 0 Å². The minimum Gasteiger partial charge on any atom is -0.376 e. The van der Waals surface area contributed by atoms with Crippen LogP contribution in [0.5, 0.6) is 0 Å². The number of benzene rings is 1. The molecule has 1 N–H and O–H groups in total. The lowest BCUT2D eigenvalue weighted by Gasteiger charge is -2.44. The van der Waals surface area contributed by atoms with Crippen LogP contribution in [0.2, 0.25) is 5.02 Å². The summed E-state index contributed by atoms with van der Waals surface area (Å²) in [5.74, 6) is 0.864. The normalized spacial score (nSPS) is 29.7. The third-order valence-electron chi connectivity index (χ3n) is 8.73. The molecule has 3 aromatic rings. The molecule has 10 heteroatoms. The Bertz CT molecular complexity index is 1360. The molecule has 202 valence electrons. The second-order valence-electron chi connectivity index (χ2n) is 11.1. The van der Waals surface area contributed by atoms with E-state index in [4.69, 9.17) is 16.3 Å². The number of piperazine rings is 1. The molecule has 1 aliphatic carbocycles. The number of amides is 1. The molecule has 0 bridgehead atoms. The van der Waals surface area contributed by atoms with Crippen molar-refractivity contribution in [2.24, 2.45) is 18.9 Å². The van der Waals surface area contributed by atoms with Gasteiger partial charge in [0.15, 0.2) is 0 Å². The van der Waals surface area contributed by atoms with E-state index in [-0.39, 0.29) is 24.3 Å². The standard InChI is InChI=1S/C28H34ClFN6O2/c1-4-19-25(21-5-6-34(3)33-21)26(19)27(37)32-24-13-17-12-22(20(29)11-18(17)14-31-24)35-7-9-36(10-8-35)28(2)16-38-15-23(28)30/h5-6,11-14,19,23,25-26H,4,7-10,15-16H2,1-3H3,(H,31,32,37)/t19-,23+,25-,26+,28-/m0/s1. The SMILES string of the molecule is CC[C@@H]1[C@@H](C(=O)Nc2cc3cc(N4CCN([C@@]5(C)COC[C@H]5F)CC4)c(Cl)cc3cn2)[C@@H]1c1ccn(C)n1. The first-order valence-electron chi connectivity index (χ1n) is 13.4. The quantitative estimate of drug-likeness (QED) is 0.504. The highest BCUT2D eigenvalue weighted by atomic mass is 35.5. The van der Waals surface area contributed by atoms with Crippen LogP contribution in [0.15, 0.2) is 36.7 Å². The molecule has 5 atom stereocenters. The Morgan fingerprint density at radius 3 is 2.68 bits per heavy atom. The third kappa shape index (κ3) is 4.44. The number of alkyl halides is 1. The van der Waals surface area contributed by atoms with Crippen LogP contribution in [-0.4, -0.2) is 76.7 Å². The van der Waals surface area contributed by atoms with Gasteiger partial charge in [0.25, 0.3) is 0 Å². The highest BCUT2D eigenvalue weighted by Gasteiger charge is 2.55. The predicted octanol–water partition coefficient (Wildman–Crippen LogP) is 4.25. The minimum absolute atomic E-state index is 0.0137. The molecule has 3 fully saturated rings. The van der Waals surface area contributed by atoms with Gasteiger partial charge in [-0.05, 0) is 42.5 Å². The molecule has 6 rings (SSSR count). The zero-order chi connectivity index (χ0) is 26.6. The number of aromatic nitrogens is 3. The van der Waals surface area contributed by atoms with Gasteiger partial charge in [-0.2, -0.15) is 5.10 Å². The molecule has 3 aliphatic rings. The van der Waals surface area contributed by atoms with Crippen molar-refractivity contribution in [2.75, 3.05) is 49.6 Å². The molecule has 8 nitrogen and oxygen atoms in total. The number of halogens is 2. The van der Waals surface area contributed by atoms with Crippen LogP contribution in [0.25, 0.3) is 10.8 Å².